The van der Waals surface area contributed by atoms with Crippen LogP contribution in [-0.4, -0.2) is 62.1 Å². The molecule has 0 aliphatic carbocycles. The first-order valence-electron chi connectivity index (χ1n) is 9.45. The lowest BCUT2D eigenvalue weighted by atomic mass is 10.1. The normalized spacial score (nSPS) is 11.8. The first-order chi connectivity index (χ1) is 15.9. The van der Waals surface area contributed by atoms with Crippen molar-refractivity contribution in [3.05, 3.63) is 46.9 Å². The number of hydrogen-bond acceptors (Lipinski definition) is 10. The van der Waals surface area contributed by atoms with E-state index in [1.807, 2.05) is 0 Å². The van der Waals surface area contributed by atoms with Gasteiger partial charge in [-0.05, 0) is 23.8 Å². The third-order valence-corrected chi connectivity index (χ3v) is 6.63. The fraction of sp³-hybridized carbons (Fsp3) is 0.286. The number of methoxy groups -OCH3 is 4. The molecule has 11 nitrogen and oxygen atoms in total. The van der Waals surface area contributed by atoms with E-state index in [4.69, 9.17) is 28.2 Å². The Morgan fingerprint density at radius 3 is 1.94 bits per heavy atom. The second-order valence-electron chi connectivity index (χ2n) is 6.72. The molecule has 0 saturated carbocycles. The average molecular weight is 517 g/mol. The molecule has 0 aliphatic rings. The van der Waals surface area contributed by atoms with Crippen LogP contribution in [0.2, 0.25) is 0 Å². The summed E-state index contributed by atoms with van der Waals surface area (Å²) < 4.78 is 74.8. The highest BCUT2D eigenvalue weighted by Gasteiger charge is 2.21. The van der Waals surface area contributed by atoms with Crippen molar-refractivity contribution in [3.8, 4) is 28.7 Å². The number of carbonyl (C=O) groups is 1. The molecule has 186 valence electrons. The van der Waals surface area contributed by atoms with Gasteiger partial charge in [0, 0.05) is 17.5 Å². The van der Waals surface area contributed by atoms with Crippen LogP contribution in [0.1, 0.15) is 11.1 Å². The maximum atomic E-state index is 12.7. The van der Waals surface area contributed by atoms with Crippen LogP contribution < -0.4 is 23.1 Å². The van der Waals surface area contributed by atoms with Gasteiger partial charge >= 0.3 is 16.1 Å². The van der Waals surface area contributed by atoms with Crippen LogP contribution in [0.15, 0.2) is 35.7 Å². The zero-order valence-electron chi connectivity index (χ0n) is 18.8. The summed E-state index contributed by atoms with van der Waals surface area (Å²) >= 11 is 0. The number of carboxylic acids is 1. The summed E-state index contributed by atoms with van der Waals surface area (Å²) in [6, 6.07) is 7.02. The smallest absolute Gasteiger partial charge is 0.322 e. The van der Waals surface area contributed by atoms with Crippen LogP contribution in [0, 0.1) is 0 Å². The number of benzene rings is 2. The van der Waals surface area contributed by atoms with Crippen LogP contribution in [0.5, 0.6) is 28.7 Å². The van der Waals surface area contributed by atoms with Crippen molar-refractivity contribution in [2.24, 2.45) is 0 Å². The van der Waals surface area contributed by atoms with Gasteiger partial charge in [-0.15, -0.1) is 0 Å². The fourth-order valence-electron chi connectivity index (χ4n) is 2.84. The number of sulfone groups is 1. The third-order valence-electron chi connectivity index (χ3n) is 4.31. The maximum Gasteiger partial charge on any atom is 0.322 e. The van der Waals surface area contributed by atoms with E-state index in [0.717, 1.165) is 11.5 Å². The second-order valence-corrected chi connectivity index (χ2v) is 10.2. The van der Waals surface area contributed by atoms with E-state index in [0.29, 0.717) is 22.8 Å². The molecule has 0 fully saturated rings. The molecule has 2 aromatic carbocycles. The second kappa shape index (κ2) is 11.1. The lowest BCUT2D eigenvalue weighted by Gasteiger charge is -2.13. The zero-order valence-corrected chi connectivity index (χ0v) is 20.4. The van der Waals surface area contributed by atoms with Gasteiger partial charge in [0.1, 0.15) is 17.2 Å². The summed E-state index contributed by atoms with van der Waals surface area (Å²) in [7, 11) is -2.79. The van der Waals surface area contributed by atoms with E-state index in [1.165, 1.54) is 46.6 Å². The minimum Gasteiger partial charge on any atom is -0.496 e. The molecule has 0 atom stereocenters. The van der Waals surface area contributed by atoms with Crippen molar-refractivity contribution in [1.29, 1.82) is 0 Å². The van der Waals surface area contributed by atoms with E-state index in [9.17, 15) is 21.6 Å². The summed E-state index contributed by atoms with van der Waals surface area (Å²) in [5.41, 5.74) is 0.549. The highest BCUT2D eigenvalue weighted by Crippen LogP contribution is 2.35. The van der Waals surface area contributed by atoms with E-state index in [1.54, 1.807) is 12.1 Å². The van der Waals surface area contributed by atoms with Gasteiger partial charge in [0.25, 0.3) is 0 Å². The topological polar surface area (TPSA) is 152 Å². The van der Waals surface area contributed by atoms with Gasteiger partial charge in [-0.25, -0.2) is 8.42 Å². The minimum atomic E-state index is -4.48. The molecule has 2 rings (SSSR count). The Bertz CT molecular complexity index is 1250. The predicted octanol–water partition coefficient (Wildman–Crippen LogP) is 2.10. The highest BCUT2D eigenvalue weighted by atomic mass is 32.2. The summed E-state index contributed by atoms with van der Waals surface area (Å²) in [6.07, 6.45) is 1.31. The van der Waals surface area contributed by atoms with Gasteiger partial charge in [-0.2, -0.15) is 8.42 Å². The van der Waals surface area contributed by atoms with E-state index in [2.05, 4.69) is 0 Å². The number of carboxylic acid groups (broad SMARTS) is 1. The SMILES string of the molecule is COc1cc(OC)c(/C=C/S(=O)(=O)Cc2ccc(OC)c(OS(=O)(=O)CC(=O)O)c2)c(OC)c1. The Balaban J connectivity index is 2.35. The summed E-state index contributed by atoms with van der Waals surface area (Å²) in [6.45, 7) is 0. The van der Waals surface area contributed by atoms with Gasteiger partial charge in [0.2, 0.25) is 0 Å². The Labute approximate surface area is 197 Å². The van der Waals surface area contributed by atoms with Crippen molar-refractivity contribution < 1.29 is 49.9 Å². The van der Waals surface area contributed by atoms with Crippen molar-refractivity contribution >= 4 is 32.0 Å². The van der Waals surface area contributed by atoms with Crippen molar-refractivity contribution in [1.82, 2.24) is 0 Å². The van der Waals surface area contributed by atoms with Gasteiger partial charge < -0.3 is 28.2 Å². The monoisotopic (exact) mass is 516 g/mol. The van der Waals surface area contributed by atoms with Crippen LogP contribution in [0.3, 0.4) is 0 Å². The Morgan fingerprint density at radius 1 is 0.853 bits per heavy atom. The highest BCUT2D eigenvalue weighted by molar-refractivity contribution is 7.93. The Kier molecular flexibility index (Phi) is 8.76. The molecule has 0 bridgehead atoms. The number of hydrogen-bond donors (Lipinski definition) is 1. The van der Waals surface area contributed by atoms with Gasteiger partial charge in [0.15, 0.2) is 27.1 Å². The molecule has 0 spiro atoms. The molecular formula is C21H24O11S2. The first-order valence-corrected chi connectivity index (χ1v) is 12.7. The summed E-state index contributed by atoms with van der Waals surface area (Å²) in [5.74, 6) is -2.63. The minimum absolute atomic E-state index is 0.0154. The number of rotatable bonds is 12. The van der Waals surface area contributed by atoms with Crippen LogP contribution in [0.25, 0.3) is 6.08 Å². The Morgan fingerprint density at radius 2 is 1.44 bits per heavy atom. The molecule has 1 N–H and O–H groups in total. The predicted molar refractivity (Wildman–Crippen MR) is 123 cm³/mol. The van der Waals surface area contributed by atoms with Crippen LogP contribution >= 0.6 is 0 Å². The van der Waals surface area contributed by atoms with Crippen LogP contribution in [-0.2, 0) is 30.5 Å². The molecule has 0 aromatic heterocycles. The number of ether oxygens (including phenoxy) is 4. The van der Waals surface area contributed by atoms with Gasteiger partial charge in [0.05, 0.1) is 39.8 Å². The van der Waals surface area contributed by atoms with Crippen molar-refractivity contribution in [2.45, 2.75) is 5.75 Å². The molecule has 34 heavy (non-hydrogen) atoms. The van der Waals surface area contributed by atoms with Crippen LogP contribution in [0.4, 0.5) is 0 Å². The van der Waals surface area contributed by atoms with Gasteiger partial charge in [-0.3, -0.25) is 4.79 Å². The number of aliphatic carboxylic acids is 1. The molecule has 0 amide bonds. The molecule has 0 radical (unpaired) electrons. The standard InChI is InChI=1S/C21H24O11S2/c1-28-15-10-18(30-3)16(19(11-15)31-4)7-8-33(24,25)12-14-5-6-17(29-2)20(9-14)32-34(26,27)13-21(22)23/h5-11H,12-13H2,1-4H3,(H,22,23)/b8-7+. The Hall–Kier alpha value is -3.45. The average Bonchev–Trinajstić information content (AvgIpc) is 2.75. The maximum absolute atomic E-state index is 12.7. The molecule has 0 saturated heterocycles. The molecule has 0 aliphatic heterocycles. The van der Waals surface area contributed by atoms with E-state index < -0.39 is 37.4 Å². The molecule has 0 unspecified atom stereocenters. The summed E-state index contributed by atoms with van der Waals surface area (Å²) in [5, 5.41) is 9.68. The zero-order chi connectivity index (χ0) is 25.5. The molecule has 0 heterocycles. The van der Waals surface area contributed by atoms with Crippen molar-refractivity contribution in [3.63, 3.8) is 0 Å². The fourth-order valence-corrected chi connectivity index (χ4v) is 4.69. The van der Waals surface area contributed by atoms with Crippen molar-refractivity contribution in [2.75, 3.05) is 34.2 Å². The lowest BCUT2D eigenvalue weighted by molar-refractivity contribution is -0.134. The van der Waals surface area contributed by atoms with E-state index >= 15 is 0 Å². The lowest BCUT2D eigenvalue weighted by Crippen LogP contribution is -2.20. The molecule has 2 aromatic rings. The van der Waals surface area contributed by atoms with E-state index in [-0.39, 0.29) is 17.1 Å². The third kappa shape index (κ3) is 7.28. The summed E-state index contributed by atoms with van der Waals surface area (Å²) in [4.78, 5) is 10.7. The van der Waals surface area contributed by atoms with Gasteiger partial charge in [-0.1, -0.05) is 6.07 Å². The molecular weight excluding hydrogens is 492 g/mol. The first kappa shape index (κ1) is 26.8. The quantitative estimate of drug-likeness (QED) is 0.413. The largest absolute Gasteiger partial charge is 0.496 e. The molecule has 13 heteroatoms.